The van der Waals surface area contributed by atoms with Crippen LogP contribution in [0.3, 0.4) is 0 Å². The van der Waals surface area contributed by atoms with E-state index >= 15 is 0 Å². The van der Waals surface area contributed by atoms with Gasteiger partial charge < -0.3 is 24.8 Å². The Kier molecular flexibility index (Phi) is 5.93. The van der Waals surface area contributed by atoms with E-state index in [9.17, 15) is 4.79 Å². The minimum Gasteiger partial charge on any atom is -0.383 e. The molecular weight excluding hydrogens is 304 g/mol. The van der Waals surface area contributed by atoms with Crippen LogP contribution in [0.1, 0.15) is 6.42 Å². The van der Waals surface area contributed by atoms with Crippen molar-refractivity contribution < 1.29 is 9.53 Å². The standard InChI is InChI=1S/C18H28N4O2/c1-20-8-10-22(11-9-20)18(23)6-7-19-16-4-2-3-5-17(16)21-12-14-24-15-13-21/h2-5,19H,6-15H2,1H3. The zero-order chi connectivity index (χ0) is 16.8. The van der Waals surface area contributed by atoms with Crippen LogP contribution in [0.15, 0.2) is 24.3 Å². The molecule has 1 aromatic carbocycles. The van der Waals surface area contributed by atoms with Crippen molar-refractivity contribution in [3.8, 4) is 0 Å². The number of rotatable bonds is 5. The molecule has 0 radical (unpaired) electrons. The second-order valence-corrected chi connectivity index (χ2v) is 6.48. The van der Waals surface area contributed by atoms with Crippen LogP contribution in [0.25, 0.3) is 0 Å². The lowest BCUT2D eigenvalue weighted by molar-refractivity contribution is -0.132. The van der Waals surface area contributed by atoms with Crippen molar-refractivity contribution in [3.05, 3.63) is 24.3 Å². The highest BCUT2D eigenvalue weighted by Gasteiger charge is 2.19. The Bertz CT molecular complexity index is 538. The highest BCUT2D eigenvalue weighted by atomic mass is 16.5. The van der Waals surface area contributed by atoms with E-state index in [1.807, 2.05) is 11.0 Å². The molecule has 0 aromatic heterocycles. The molecule has 0 atom stereocenters. The number of morpholine rings is 1. The Morgan fingerprint density at radius 1 is 1.08 bits per heavy atom. The molecule has 1 aromatic rings. The number of likely N-dealkylation sites (N-methyl/N-ethyl adjacent to an activating group) is 1. The summed E-state index contributed by atoms with van der Waals surface area (Å²) in [6, 6.07) is 8.32. The Labute approximate surface area is 144 Å². The number of carbonyl (C=O) groups is 1. The number of hydrogen-bond donors (Lipinski definition) is 1. The molecule has 24 heavy (non-hydrogen) atoms. The van der Waals surface area contributed by atoms with Crippen molar-refractivity contribution in [2.45, 2.75) is 6.42 Å². The SMILES string of the molecule is CN1CCN(C(=O)CCNc2ccccc2N2CCOCC2)CC1. The van der Waals surface area contributed by atoms with Gasteiger partial charge in [-0.15, -0.1) is 0 Å². The summed E-state index contributed by atoms with van der Waals surface area (Å²) >= 11 is 0. The third kappa shape index (κ3) is 4.39. The third-order valence-corrected chi connectivity index (χ3v) is 4.77. The van der Waals surface area contributed by atoms with Crippen LogP contribution in [0.4, 0.5) is 11.4 Å². The number of nitrogens with one attached hydrogen (secondary N) is 1. The van der Waals surface area contributed by atoms with Crippen LogP contribution < -0.4 is 10.2 Å². The van der Waals surface area contributed by atoms with Crippen molar-refractivity contribution in [3.63, 3.8) is 0 Å². The quantitative estimate of drug-likeness (QED) is 0.875. The molecule has 2 aliphatic rings. The molecule has 1 amide bonds. The lowest BCUT2D eigenvalue weighted by atomic mass is 10.2. The van der Waals surface area contributed by atoms with Crippen LogP contribution >= 0.6 is 0 Å². The molecule has 6 nitrogen and oxygen atoms in total. The number of amides is 1. The van der Waals surface area contributed by atoms with Crippen LogP contribution in [-0.4, -0.2) is 81.8 Å². The number of nitrogens with zero attached hydrogens (tertiary/aromatic N) is 3. The van der Waals surface area contributed by atoms with E-state index in [-0.39, 0.29) is 5.91 Å². The molecule has 2 aliphatic heterocycles. The van der Waals surface area contributed by atoms with Gasteiger partial charge in [-0.3, -0.25) is 4.79 Å². The van der Waals surface area contributed by atoms with E-state index in [1.165, 1.54) is 5.69 Å². The third-order valence-electron chi connectivity index (χ3n) is 4.77. The van der Waals surface area contributed by atoms with E-state index in [0.29, 0.717) is 13.0 Å². The van der Waals surface area contributed by atoms with Crippen LogP contribution in [-0.2, 0) is 9.53 Å². The highest BCUT2D eigenvalue weighted by Crippen LogP contribution is 2.26. The average molecular weight is 332 g/mol. The first-order valence-corrected chi connectivity index (χ1v) is 8.86. The Balaban J connectivity index is 1.50. The summed E-state index contributed by atoms with van der Waals surface area (Å²) in [7, 11) is 2.10. The van der Waals surface area contributed by atoms with Gasteiger partial charge in [-0.1, -0.05) is 12.1 Å². The molecule has 2 heterocycles. The first-order valence-electron chi connectivity index (χ1n) is 8.86. The topological polar surface area (TPSA) is 48.0 Å². The second kappa shape index (κ2) is 8.35. The van der Waals surface area contributed by atoms with Gasteiger partial charge in [0.15, 0.2) is 0 Å². The number of benzene rings is 1. The predicted molar refractivity (Wildman–Crippen MR) is 96.7 cm³/mol. The van der Waals surface area contributed by atoms with E-state index in [4.69, 9.17) is 4.74 Å². The van der Waals surface area contributed by atoms with Crippen molar-refractivity contribution in [2.75, 3.05) is 76.3 Å². The molecule has 3 rings (SSSR count). The maximum absolute atomic E-state index is 12.3. The van der Waals surface area contributed by atoms with Gasteiger partial charge in [0.1, 0.15) is 0 Å². The monoisotopic (exact) mass is 332 g/mol. The van der Waals surface area contributed by atoms with E-state index in [1.54, 1.807) is 0 Å². The normalized spacial score (nSPS) is 19.4. The van der Waals surface area contributed by atoms with Crippen molar-refractivity contribution in [2.24, 2.45) is 0 Å². The van der Waals surface area contributed by atoms with Gasteiger partial charge in [0.25, 0.3) is 0 Å². The number of piperazine rings is 1. The average Bonchev–Trinajstić information content (AvgIpc) is 2.63. The number of hydrogen-bond acceptors (Lipinski definition) is 5. The van der Waals surface area contributed by atoms with Gasteiger partial charge in [0.2, 0.25) is 5.91 Å². The summed E-state index contributed by atoms with van der Waals surface area (Å²) in [4.78, 5) is 18.9. The maximum atomic E-state index is 12.3. The largest absolute Gasteiger partial charge is 0.383 e. The van der Waals surface area contributed by atoms with Gasteiger partial charge in [0.05, 0.1) is 24.6 Å². The van der Waals surface area contributed by atoms with Crippen molar-refractivity contribution in [1.82, 2.24) is 9.80 Å². The van der Waals surface area contributed by atoms with E-state index < -0.39 is 0 Å². The predicted octanol–water partition coefficient (Wildman–Crippen LogP) is 1.10. The lowest BCUT2D eigenvalue weighted by Gasteiger charge is -2.32. The molecule has 0 aliphatic carbocycles. The van der Waals surface area contributed by atoms with Crippen molar-refractivity contribution in [1.29, 1.82) is 0 Å². The molecule has 0 bridgehead atoms. The first-order chi connectivity index (χ1) is 11.7. The fourth-order valence-corrected chi connectivity index (χ4v) is 3.22. The van der Waals surface area contributed by atoms with Gasteiger partial charge >= 0.3 is 0 Å². The summed E-state index contributed by atoms with van der Waals surface area (Å²) in [6.45, 7) is 7.69. The van der Waals surface area contributed by atoms with Crippen molar-refractivity contribution >= 4 is 17.3 Å². The molecule has 1 N–H and O–H groups in total. The molecule has 6 heteroatoms. The highest BCUT2D eigenvalue weighted by molar-refractivity contribution is 5.77. The van der Waals surface area contributed by atoms with Gasteiger partial charge in [-0.2, -0.15) is 0 Å². The molecule has 2 fully saturated rings. The number of carbonyl (C=O) groups excluding carboxylic acids is 1. The van der Waals surface area contributed by atoms with Crippen LogP contribution in [0, 0.1) is 0 Å². The lowest BCUT2D eigenvalue weighted by Crippen LogP contribution is -2.47. The second-order valence-electron chi connectivity index (χ2n) is 6.48. The van der Waals surface area contributed by atoms with E-state index in [2.05, 4.69) is 40.4 Å². The minimum atomic E-state index is 0.249. The fourth-order valence-electron chi connectivity index (χ4n) is 3.22. The smallest absolute Gasteiger partial charge is 0.224 e. The Morgan fingerprint density at radius 3 is 2.54 bits per heavy atom. The summed E-state index contributed by atoms with van der Waals surface area (Å²) in [5, 5.41) is 3.45. The van der Waals surface area contributed by atoms with Gasteiger partial charge in [0, 0.05) is 52.2 Å². The number of para-hydroxylation sites is 2. The summed E-state index contributed by atoms with van der Waals surface area (Å²) in [6.07, 6.45) is 0.543. The summed E-state index contributed by atoms with van der Waals surface area (Å²) in [5.41, 5.74) is 2.30. The van der Waals surface area contributed by atoms with Gasteiger partial charge in [-0.25, -0.2) is 0 Å². The Morgan fingerprint density at radius 2 is 1.79 bits per heavy atom. The number of ether oxygens (including phenoxy) is 1. The molecule has 132 valence electrons. The molecule has 0 spiro atoms. The zero-order valence-electron chi connectivity index (χ0n) is 14.5. The van der Waals surface area contributed by atoms with Gasteiger partial charge in [-0.05, 0) is 19.2 Å². The van der Waals surface area contributed by atoms with Crippen LogP contribution in [0.2, 0.25) is 0 Å². The molecule has 0 saturated carbocycles. The zero-order valence-corrected chi connectivity index (χ0v) is 14.5. The molecular formula is C18H28N4O2. The number of anilines is 2. The van der Waals surface area contributed by atoms with E-state index in [0.717, 1.165) is 58.2 Å². The molecule has 2 saturated heterocycles. The minimum absolute atomic E-state index is 0.249. The van der Waals surface area contributed by atoms with Crippen LogP contribution in [0.5, 0.6) is 0 Å². The first kappa shape index (κ1) is 17.0. The summed E-state index contributed by atoms with van der Waals surface area (Å²) in [5.74, 6) is 0.249. The maximum Gasteiger partial charge on any atom is 0.224 e. The fraction of sp³-hybridized carbons (Fsp3) is 0.611. The summed E-state index contributed by atoms with van der Waals surface area (Å²) < 4.78 is 5.43. The molecule has 0 unspecified atom stereocenters. The Hall–Kier alpha value is -1.79.